The molecule has 0 radical (unpaired) electrons. The van der Waals surface area contributed by atoms with Crippen molar-refractivity contribution in [1.29, 1.82) is 0 Å². The van der Waals surface area contributed by atoms with Gasteiger partial charge in [0.25, 0.3) is 0 Å². The summed E-state index contributed by atoms with van der Waals surface area (Å²) in [5.41, 5.74) is 3.67. The van der Waals surface area contributed by atoms with Gasteiger partial charge in [-0.05, 0) is 70.5 Å². The molecule has 0 saturated carbocycles. The predicted molar refractivity (Wildman–Crippen MR) is 165 cm³/mol. The van der Waals surface area contributed by atoms with Gasteiger partial charge in [0.1, 0.15) is 23.0 Å². The number of thiol groups is 1. The third-order valence-electron chi connectivity index (χ3n) is 7.01. The number of nitrogens with zero attached hydrogens (tertiary/aromatic N) is 1. The van der Waals surface area contributed by atoms with Crippen LogP contribution in [-0.4, -0.2) is 26.6 Å². The summed E-state index contributed by atoms with van der Waals surface area (Å²) >= 11 is 4.31. The van der Waals surface area contributed by atoms with Gasteiger partial charge in [-0.2, -0.15) is 0 Å². The van der Waals surface area contributed by atoms with Crippen LogP contribution in [0.1, 0.15) is 80.8 Å². The molecule has 0 spiro atoms. The van der Waals surface area contributed by atoms with E-state index in [1.54, 1.807) is 30.5 Å². The Morgan fingerprint density at radius 1 is 0.625 bits per heavy atom. The van der Waals surface area contributed by atoms with Crippen LogP contribution in [0, 0.1) is 0 Å². The zero-order valence-corrected chi connectivity index (χ0v) is 24.7. The smallest absolute Gasteiger partial charge is 0.120 e. The molecule has 0 bridgehead atoms. The Bertz CT molecular complexity index is 1470. The molecule has 0 heterocycles. The third kappa shape index (κ3) is 6.28. The van der Waals surface area contributed by atoms with Crippen molar-refractivity contribution in [3.63, 3.8) is 0 Å². The lowest BCUT2D eigenvalue weighted by Gasteiger charge is -2.27. The molecule has 0 aliphatic rings. The number of benzene rings is 4. The topological polar surface area (TPSA) is 93.3 Å². The molecule has 0 atom stereocenters. The summed E-state index contributed by atoms with van der Waals surface area (Å²) in [4.78, 5) is 5.44. The molecule has 4 aromatic carbocycles. The lowest BCUT2D eigenvalue weighted by molar-refractivity contribution is 0.425. The highest BCUT2D eigenvalue weighted by atomic mass is 32.1. The number of aliphatic imine (C=N–C) groups is 1. The lowest BCUT2D eigenvalue weighted by atomic mass is 9.79. The van der Waals surface area contributed by atoms with Gasteiger partial charge in [0.15, 0.2) is 0 Å². The van der Waals surface area contributed by atoms with Gasteiger partial charge in [-0.3, -0.25) is 4.99 Å². The second-order valence-corrected chi connectivity index (χ2v) is 12.7. The molecule has 4 N–H and O–H groups in total. The summed E-state index contributed by atoms with van der Waals surface area (Å²) in [6, 6.07) is 21.4. The largest absolute Gasteiger partial charge is 0.508 e. The molecule has 0 saturated heterocycles. The van der Waals surface area contributed by atoms with E-state index < -0.39 is 16.7 Å². The minimum Gasteiger partial charge on any atom is -0.508 e. The van der Waals surface area contributed by atoms with Crippen LogP contribution < -0.4 is 0 Å². The van der Waals surface area contributed by atoms with E-state index in [-0.39, 0.29) is 23.0 Å². The Hall–Kier alpha value is -3.90. The quantitative estimate of drug-likeness (QED) is 0.0741. The van der Waals surface area contributed by atoms with Crippen molar-refractivity contribution in [1.82, 2.24) is 0 Å². The minimum absolute atomic E-state index is 0.0127. The van der Waals surface area contributed by atoms with Crippen molar-refractivity contribution in [2.24, 2.45) is 4.99 Å². The molecule has 0 fully saturated rings. The molecular formula is C34H37NO4S. The Labute approximate surface area is 241 Å². The van der Waals surface area contributed by atoms with Crippen LogP contribution in [0.15, 0.2) is 82.7 Å². The Morgan fingerprint density at radius 2 is 1.07 bits per heavy atom. The summed E-state index contributed by atoms with van der Waals surface area (Å²) in [5.74, 6) is -0.606. The minimum atomic E-state index is -0.680. The zero-order valence-electron chi connectivity index (χ0n) is 23.8. The van der Waals surface area contributed by atoms with Crippen LogP contribution >= 0.6 is 12.6 Å². The number of hydrogen-bond acceptors (Lipinski definition) is 6. The first-order valence-electron chi connectivity index (χ1n) is 13.2. The molecule has 0 unspecified atom stereocenters. The predicted octanol–water partition coefficient (Wildman–Crippen LogP) is 8.32. The van der Waals surface area contributed by atoms with Gasteiger partial charge in [-0.1, -0.05) is 65.8 Å². The van der Waals surface area contributed by atoms with E-state index in [2.05, 4.69) is 17.6 Å². The fourth-order valence-corrected chi connectivity index (χ4v) is 4.99. The average molecular weight is 556 g/mol. The molecule has 4 rings (SSSR count). The highest BCUT2D eigenvalue weighted by molar-refractivity contribution is 7.80. The SMILES string of the molecule is CC(C)(C)c1cc(O)c(C(c2ccc(N=Cc3ccc(S)cc3)cc2)c2cc(O)c(C(C)(C)C)cc2O)cc1O. The van der Waals surface area contributed by atoms with Crippen LogP contribution in [-0.2, 0) is 10.8 Å². The van der Waals surface area contributed by atoms with Gasteiger partial charge >= 0.3 is 0 Å². The van der Waals surface area contributed by atoms with E-state index in [1.807, 2.05) is 90.1 Å². The number of rotatable bonds is 5. The maximum Gasteiger partial charge on any atom is 0.120 e. The molecule has 0 amide bonds. The molecule has 6 heteroatoms. The maximum atomic E-state index is 11.2. The number of phenols is 4. The Morgan fingerprint density at radius 3 is 1.50 bits per heavy atom. The van der Waals surface area contributed by atoms with E-state index in [4.69, 9.17) is 0 Å². The van der Waals surface area contributed by atoms with Gasteiger partial charge in [0.05, 0.1) is 5.69 Å². The van der Waals surface area contributed by atoms with Crippen LogP contribution in [0.25, 0.3) is 0 Å². The second kappa shape index (κ2) is 10.9. The number of aromatic hydroxyl groups is 4. The lowest BCUT2D eigenvalue weighted by Crippen LogP contribution is -2.13. The van der Waals surface area contributed by atoms with Crippen LogP contribution in [0.5, 0.6) is 23.0 Å². The maximum absolute atomic E-state index is 11.2. The molecule has 4 aromatic rings. The van der Waals surface area contributed by atoms with Crippen LogP contribution in [0.3, 0.4) is 0 Å². The van der Waals surface area contributed by atoms with E-state index in [1.165, 1.54) is 0 Å². The van der Waals surface area contributed by atoms with Gasteiger partial charge in [-0.25, -0.2) is 0 Å². The first-order chi connectivity index (χ1) is 18.6. The molecule has 40 heavy (non-hydrogen) atoms. The fraction of sp³-hybridized carbons (Fsp3) is 0.265. The molecule has 0 aliphatic carbocycles. The van der Waals surface area contributed by atoms with E-state index in [0.29, 0.717) is 22.3 Å². The molecule has 0 aromatic heterocycles. The van der Waals surface area contributed by atoms with Crippen molar-refractivity contribution >= 4 is 24.5 Å². The summed E-state index contributed by atoms with van der Waals surface area (Å²) in [5, 5.41) is 44.4. The van der Waals surface area contributed by atoms with Crippen LogP contribution in [0.2, 0.25) is 0 Å². The average Bonchev–Trinajstić information content (AvgIpc) is 2.87. The van der Waals surface area contributed by atoms with Gasteiger partial charge in [0, 0.05) is 39.3 Å². The van der Waals surface area contributed by atoms with Crippen molar-refractivity contribution in [3.05, 3.63) is 106 Å². The van der Waals surface area contributed by atoms with Crippen molar-refractivity contribution in [2.45, 2.75) is 63.2 Å². The normalized spacial score (nSPS) is 12.4. The summed E-state index contributed by atoms with van der Waals surface area (Å²) in [6.45, 7) is 11.7. The van der Waals surface area contributed by atoms with E-state index in [9.17, 15) is 20.4 Å². The first kappa shape index (κ1) is 29.1. The number of phenolic OH excluding ortho intramolecular Hbond substituents is 4. The zero-order chi connectivity index (χ0) is 29.4. The van der Waals surface area contributed by atoms with Gasteiger partial charge in [0.2, 0.25) is 0 Å². The van der Waals surface area contributed by atoms with E-state index in [0.717, 1.165) is 21.7 Å². The van der Waals surface area contributed by atoms with E-state index >= 15 is 0 Å². The van der Waals surface area contributed by atoms with Crippen LogP contribution in [0.4, 0.5) is 5.69 Å². The Balaban J connectivity index is 1.84. The molecule has 5 nitrogen and oxygen atoms in total. The molecular weight excluding hydrogens is 518 g/mol. The highest BCUT2D eigenvalue weighted by Gasteiger charge is 2.29. The van der Waals surface area contributed by atoms with Crippen molar-refractivity contribution in [3.8, 4) is 23.0 Å². The first-order valence-corrected chi connectivity index (χ1v) is 13.7. The summed E-state index contributed by atoms with van der Waals surface area (Å²) in [7, 11) is 0. The highest BCUT2D eigenvalue weighted by Crippen LogP contribution is 2.47. The third-order valence-corrected chi connectivity index (χ3v) is 7.31. The fourth-order valence-electron chi connectivity index (χ4n) is 4.84. The summed E-state index contributed by atoms with van der Waals surface area (Å²) < 4.78 is 0. The summed E-state index contributed by atoms with van der Waals surface area (Å²) in [6.07, 6.45) is 1.77. The monoisotopic (exact) mass is 555 g/mol. The van der Waals surface area contributed by atoms with Gasteiger partial charge in [-0.15, -0.1) is 12.6 Å². The Kier molecular flexibility index (Phi) is 7.95. The molecule has 208 valence electrons. The molecule has 0 aliphatic heterocycles. The number of hydrogen-bond donors (Lipinski definition) is 5. The van der Waals surface area contributed by atoms with Gasteiger partial charge < -0.3 is 20.4 Å². The van der Waals surface area contributed by atoms with Crippen molar-refractivity contribution in [2.75, 3.05) is 0 Å². The second-order valence-electron chi connectivity index (χ2n) is 12.2. The van der Waals surface area contributed by atoms with Crippen molar-refractivity contribution < 1.29 is 20.4 Å². The standard InChI is InChI=1S/C34H37NO4S/c1-33(2,3)26-17-28(36)24(15-30(26)38)32(25-16-31(39)27(18-29(25)37)34(4,5)6)21-9-11-22(12-10-21)35-19-20-7-13-23(40)14-8-20/h7-19,32,36-40H,1-6H3.